The van der Waals surface area contributed by atoms with Gasteiger partial charge in [0.05, 0.1) is 12.2 Å². The van der Waals surface area contributed by atoms with Gasteiger partial charge in [-0.2, -0.15) is 0 Å². The average molecular weight is 275 g/mol. The van der Waals surface area contributed by atoms with E-state index in [-0.39, 0.29) is 5.91 Å². The van der Waals surface area contributed by atoms with E-state index in [0.717, 1.165) is 27.6 Å². The summed E-state index contributed by atoms with van der Waals surface area (Å²) in [5, 5.41) is 2.13. The SMILES string of the molecule is Nc1cc(CN2C(=O)c3cccc4cccc2c34)ccn1. The third-order valence-electron chi connectivity index (χ3n) is 3.84. The molecule has 0 bridgehead atoms. The molecule has 0 atom stereocenters. The maximum Gasteiger partial charge on any atom is 0.259 e. The minimum absolute atomic E-state index is 0.0391. The number of hydrogen-bond donors (Lipinski definition) is 1. The van der Waals surface area contributed by atoms with Gasteiger partial charge < -0.3 is 10.6 Å². The first kappa shape index (κ1) is 11.9. The molecule has 4 nitrogen and oxygen atoms in total. The lowest BCUT2D eigenvalue weighted by Gasteiger charge is -2.17. The van der Waals surface area contributed by atoms with Crippen LogP contribution in [0.1, 0.15) is 15.9 Å². The number of pyridine rings is 1. The first-order valence-electron chi connectivity index (χ1n) is 6.78. The van der Waals surface area contributed by atoms with Crippen LogP contribution < -0.4 is 10.6 Å². The molecule has 4 heteroatoms. The van der Waals surface area contributed by atoms with Crippen molar-refractivity contribution in [2.45, 2.75) is 6.54 Å². The Bertz CT molecular complexity index is 868. The number of aromatic nitrogens is 1. The van der Waals surface area contributed by atoms with Gasteiger partial charge in [0.25, 0.3) is 5.91 Å². The second-order valence-electron chi connectivity index (χ2n) is 5.16. The molecule has 1 aliphatic rings. The lowest BCUT2D eigenvalue weighted by atomic mass is 10.1. The van der Waals surface area contributed by atoms with Crippen molar-refractivity contribution in [3.05, 3.63) is 65.9 Å². The predicted octanol–water partition coefficient (Wildman–Crippen LogP) is 2.98. The van der Waals surface area contributed by atoms with E-state index < -0.39 is 0 Å². The Hall–Kier alpha value is -2.88. The van der Waals surface area contributed by atoms with Gasteiger partial charge in [-0.15, -0.1) is 0 Å². The molecule has 0 spiro atoms. The smallest absolute Gasteiger partial charge is 0.259 e. The molecule has 0 unspecified atom stereocenters. The number of rotatable bonds is 2. The molecule has 21 heavy (non-hydrogen) atoms. The Labute approximate surface area is 121 Å². The van der Waals surface area contributed by atoms with Gasteiger partial charge in [-0.3, -0.25) is 4.79 Å². The van der Waals surface area contributed by atoms with E-state index in [2.05, 4.69) is 4.98 Å². The van der Waals surface area contributed by atoms with Crippen molar-refractivity contribution in [3.63, 3.8) is 0 Å². The molecule has 2 heterocycles. The molecule has 2 aromatic carbocycles. The maximum atomic E-state index is 12.6. The van der Waals surface area contributed by atoms with Crippen LogP contribution in [0.25, 0.3) is 10.8 Å². The Kier molecular flexibility index (Phi) is 2.44. The van der Waals surface area contributed by atoms with Crippen LogP contribution in [0.4, 0.5) is 11.5 Å². The number of benzene rings is 2. The van der Waals surface area contributed by atoms with Crippen molar-refractivity contribution >= 4 is 28.2 Å². The molecular weight excluding hydrogens is 262 g/mol. The average Bonchev–Trinajstić information content (AvgIpc) is 2.76. The molecule has 0 fully saturated rings. The van der Waals surface area contributed by atoms with E-state index in [9.17, 15) is 4.79 Å². The quantitative estimate of drug-likeness (QED) is 0.782. The van der Waals surface area contributed by atoms with Gasteiger partial charge in [0.15, 0.2) is 0 Å². The van der Waals surface area contributed by atoms with Crippen LogP contribution in [0.2, 0.25) is 0 Å². The minimum atomic E-state index is 0.0391. The van der Waals surface area contributed by atoms with Gasteiger partial charge in [-0.25, -0.2) is 4.98 Å². The number of anilines is 2. The summed E-state index contributed by atoms with van der Waals surface area (Å²) in [4.78, 5) is 18.4. The van der Waals surface area contributed by atoms with Crippen LogP contribution >= 0.6 is 0 Å². The Morgan fingerprint density at radius 1 is 1.10 bits per heavy atom. The molecule has 102 valence electrons. The minimum Gasteiger partial charge on any atom is -0.384 e. The third kappa shape index (κ3) is 1.76. The van der Waals surface area contributed by atoms with Crippen LogP contribution in [-0.4, -0.2) is 10.9 Å². The second-order valence-corrected chi connectivity index (χ2v) is 5.16. The molecular formula is C17H13N3O. The summed E-state index contributed by atoms with van der Waals surface area (Å²) >= 11 is 0. The predicted molar refractivity (Wildman–Crippen MR) is 83.1 cm³/mol. The summed E-state index contributed by atoms with van der Waals surface area (Å²) in [7, 11) is 0. The number of carbonyl (C=O) groups is 1. The van der Waals surface area contributed by atoms with E-state index in [1.54, 1.807) is 17.2 Å². The lowest BCUT2D eigenvalue weighted by molar-refractivity contribution is 0.0991. The third-order valence-corrected chi connectivity index (χ3v) is 3.84. The van der Waals surface area contributed by atoms with Crippen LogP contribution in [0.3, 0.4) is 0 Å². The van der Waals surface area contributed by atoms with Gasteiger partial charge in [-0.05, 0) is 35.2 Å². The van der Waals surface area contributed by atoms with E-state index in [4.69, 9.17) is 5.73 Å². The highest BCUT2D eigenvalue weighted by Crippen LogP contribution is 2.37. The number of nitrogens with zero attached hydrogens (tertiary/aromatic N) is 2. The molecule has 4 rings (SSSR count). The molecule has 3 aromatic rings. The zero-order chi connectivity index (χ0) is 14.4. The Balaban J connectivity index is 1.82. The highest BCUT2D eigenvalue weighted by molar-refractivity contribution is 6.24. The van der Waals surface area contributed by atoms with E-state index in [0.29, 0.717) is 12.4 Å². The van der Waals surface area contributed by atoms with Crippen molar-refractivity contribution in [1.82, 2.24) is 4.98 Å². The maximum absolute atomic E-state index is 12.6. The largest absolute Gasteiger partial charge is 0.384 e. The first-order chi connectivity index (χ1) is 10.2. The molecule has 1 amide bonds. The summed E-state index contributed by atoms with van der Waals surface area (Å²) in [6.45, 7) is 0.499. The molecule has 0 aliphatic carbocycles. The number of hydrogen-bond acceptors (Lipinski definition) is 3. The van der Waals surface area contributed by atoms with Crippen molar-refractivity contribution < 1.29 is 4.79 Å². The fourth-order valence-electron chi connectivity index (χ4n) is 2.91. The van der Waals surface area contributed by atoms with Crippen LogP contribution in [0.5, 0.6) is 0 Å². The number of amides is 1. The highest BCUT2D eigenvalue weighted by Gasteiger charge is 2.29. The molecule has 0 saturated heterocycles. The highest BCUT2D eigenvalue weighted by atomic mass is 16.2. The summed E-state index contributed by atoms with van der Waals surface area (Å²) in [5.74, 6) is 0.507. The summed E-state index contributed by atoms with van der Waals surface area (Å²) < 4.78 is 0. The Morgan fingerprint density at radius 3 is 2.71 bits per heavy atom. The van der Waals surface area contributed by atoms with Crippen molar-refractivity contribution in [2.24, 2.45) is 0 Å². The van der Waals surface area contributed by atoms with Crippen LogP contribution in [0.15, 0.2) is 54.7 Å². The summed E-state index contributed by atoms with van der Waals surface area (Å²) in [5.41, 5.74) is 8.42. The van der Waals surface area contributed by atoms with E-state index in [1.165, 1.54) is 0 Å². The monoisotopic (exact) mass is 275 g/mol. The number of nitrogen functional groups attached to an aromatic ring is 1. The van der Waals surface area contributed by atoms with Gasteiger partial charge in [0, 0.05) is 17.1 Å². The van der Waals surface area contributed by atoms with E-state index in [1.807, 2.05) is 42.5 Å². The molecule has 2 N–H and O–H groups in total. The number of carbonyl (C=O) groups excluding carboxylic acids is 1. The fourth-order valence-corrected chi connectivity index (χ4v) is 2.91. The topological polar surface area (TPSA) is 59.2 Å². The van der Waals surface area contributed by atoms with Crippen LogP contribution in [0, 0.1) is 0 Å². The molecule has 1 aromatic heterocycles. The second kappa shape index (κ2) is 4.31. The van der Waals surface area contributed by atoms with Crippen molar-refractivity contribution in [2.75, 3.05) is 10.6 Å². The number of nitrogens with two attached hydrogens (primary N) is 1. The normalized spacial score (nSPS) is 13.1. The van der Waals surface area contributed by atoms with E-state index >= 15 is 0 Å². The summed E-state index contributed by atoms with van der Waals surface area (Å²) in [6, 6.07) is 15.5. The van der Waals surface area contributed by atoms with Crippen molar-refractivity contribution in [3.8, 4) is 0 Å². The zero-order valence-electron chi connectivity index (χ0n) is 11.3. The molecule has 1 aliphatic heterocycles. The lowest BCUT2D eigenvalue weighted by Crippen LogP contribution is -2.26. The van der Waals surface area contributed by atoms with Gasteiger partial charge in [-0.1, -0.05) is 24.3 Å². The van der Waals surface area contributed by atoms with Crippen LogP contribution in [-0.2, 0) is 6.54 Å². The summed E-state index contributed by atoms with van der Waals surface area (Å²) in [6.07, 6.45) is 1.67. The first-order valence-corrected chi connectivity index (χ1v) is 6.78. The fraction of sp³-hybridized carbons (Fsp3) is 0.0588. The van der Waals surface area contributed by atoms with Crippen molar-refractivity contribution in [1.29, 1.82) is 0 Å². The van der Waals surface area contributed by atoms with Gasteiger partial charge in [0.2, 0.25) is 0 Å². The van der Waals surface area contributed by atoms with Gasteiger partial charge in [0.1, 0.15) is 5.82 Å². The standard InChI is InChI=1S/C17H13N3O/c18-15-9-11(7-8-19-15)10-20-14-6-2-4-12-3-1-5-13(16(12)14)17(20)21/h1-9H,10H2,(H2,18,19). The molecule has 0 saturated carbocycles. The zero-order valence-corrected chi connectivity index (χ0v) is 11.3. The molecule has 0 radical (unpaired) electrons. The Morgan fingerprint density at radius 2 is 1.90 bits per heavy atom. The van der Waals surface area contributed by atoms with Gasteiger partial charge >= 0.3 is 0 Å².